The second-order valence-corrected chi connectivity index (χ2v) is 5.75. The molecular formula is C13H22N4. The Kier molecular flexibility index (Phi) is 2.62. The number of nitrogens with one attached hydrogen (secondary N) is 1. The van der Waals surface area contributed by atoms with Crippen LogP contribution >= 0.6 is 0 Å². The van der Waals surface area contributed by atoms with Crippen molar-refractivity contribution in [3.63, 3.8) is 0 Å². The van der Waals surface area contributed by atoms with E-state index in [1.54, 1.807) is 0 Å². The number of anilines is 1. The number of rotatable bonds is 3. The van der Waals surface area contributed by atoms with E-state index in [-0.39, 0.29) is 0 Å². The van der Waals surface area contributed by atoms with Gasteiger partial charge >= 0.3 is 0 Å². The van der Waals surface area contributed by atoms with E-state index in [1.807, 2.05) is 18.7 Å². The van der Waals surface area contributed by atoms with Gasteiger partial charge in [-0.15, -0.1) is 0 Å². The van der Waals surface area contributed by atoms with Crippen LogP contribution in [0.1, 0.15) is 25.0 Å². The molecule has 0 aromatic carbocycles. The molecule has 2 aliphatic rings. The van der Waals surface area contributed by atoms with Gasteiger partial charge < -0.3 is 11.1 Å². The lowest BCUT2D eigenvalue weighted by molar-refractivity contribution is 0.302. The minimum atomic E-state index is 0.413. The Morgan fingerprint density at radius 3 is 2.82 bits per heavy atom. The molecule has 0 radical (unpaired) electrons. The van der Waals surface area contributed by atoms with Crippen LogP contribution < -0.4 is 11.1 Å². The van der Waals surface area contributed by atoms with E-state index < -0.39 is 0 Å². The van der Waals surface area contributed by atoms with Gasteiger partial charge in [0.15, 0.2) is 0 Å². The number of nitrogens with zero attached hydrogens (tertiary/aromatic N) is 2. The van der Waals surface area contributed by atoms with E-state index in [2.05, 4.69) is 16.5 Å². The average Bonchev–Trinajstić information content (AvgIpc) is 2.92. The van der Waals surface area contributed by atoms with Gasteiger partial charge in [0, 0.05) is 25.7 Å². The Balaban J connectivity index is 1.63. The molecule has 0 spiro atoms. The van der Waals surface area contributed by atoms with Crippen molar-refractivity contribution >= 4 is 5.82 Å². The van der Waals surface area contributed by atoms with Crippen LogP contribution in [0.25, 0.3) is 0 Å². The normalized spacial score (nSPS) is 35.5. The van der Waals surface area contributed by atoms with Crippen molar-refractivity contribution in [2.45, 2.75) is 32.2 Å². The third kappa shape index (κ3) is 1.84. The minimum Gasteiger partial charge on any atom is -0.370 e. The van der Waals surface area contributed by atoms with Gasteiger partial charge in [0.2, 0.25) is 0 Å². The predicted molar refractivity (Wildman–Crippen MR) is 68.7 cm³/mol. The average molecular weight is 234 g/mol. The minimum absolute atomic E-state index is 0.413. The first-order valence-electron chi connectivity index (χ1n) is 6.65. The van der Waals surface area contributed by atoms with Crippen molar-refractivity contribution < 1.29 is 0 Å². The third-order valence-corrected chi connectivity index (χ3v) is 4.68. The first-order chi connectivity index (χ1) is 8.15. The summed E-state index contributed by atoms with van der Waals surface area (Å²) in [4.78, 5) is 0. The fourth-order valence-corrected chi connectivity index (χ4v) is 3.76. The zero-order chi connectivity index (χ0) is 12.0. The maximum absolute atomic E-state index is 6.31. The van der Waals surface area contributed by atoms with E-state index >= 15 is 0 Å². The van der Waals surface area contributed by atoms with Crippen LogP contribution in [0.2, 0.25) is 0 Å². The van der Waals surface area contributed by atoms with Crippen LogP contribution in [0.15, 0.2) is 6.07 Å². The van der Waals surface area contributed by atoms with Crippen LogP contribution in [0.4, 0.5) is 5.82 Å². The van der Waals surface area contributed by atoms with Crippen LogP contribution in [-0.4, -0.2) is 22.4 Å². The Bertz CT molecular complexity index is 410. The Hall–Kier alpha value is -1.03. The molecule has 4 nitrogen and oxygen atoms in total. The fourth-order valence-electron chi connectivity index (χ4n) is 3.76. The Morgan fingerprint density at radius 2 is 2.24 bits per heavy atom. The van der Waals surface area contributed by atoms with Gasteiger partial charge in [0.1, 0.15) is 5.82 Å². The summed E-state index contributed by atoms with van der Waals surface area (Å²) in [5.74, 6) is 3.42. The van der Waals surface area contributed by atoms with Gasteiger partial charge in [-0.1, -0.05) is 0 Å². The molecule has 2 bridgehead atoms. The van der Waals surface area contributed by atoms with Gasteiger partial charge in [-0.3, -0.25) is 4.68 Å². The van der Waals surface area contributed by atoms with Crippen molar-refractivity contribution in [3.05, 3.63) is 11.8 Å². The molecule has 0 saturated heterocycles. The predicted octanol–water partition coefficient (Wildman–Crippen LogP) is 1.51. The van der Waals surface area contributed by atoms with E-state index in [0.29, 0.717) is 12.0 Å². The number of fused-ring (bicyclic) bond motifs is 2. The molecule has 17 heavy (non-hydrogen) atoms. The van der Waals surface area contributed by atoms with Crippen LogP contribution in [-0.2, 0) is 7.05 Å². The molecular weight excluding hydrogens is 212 g/mol. The topological polar surface area (TPSA) is 55.9 Å². The molecule has 2 aliphatic carbocycles. The van der Waals surface area contributed by atoms with Crippen LogP contribution in [0.3, 0.4) is 0 Å². The van der Waals surface area contributed by atoms with E-state index in [9.17, 15) is 0 Å². The second-order valence-electron chi connectivity index (χ2n) is 5.75. The standard InChI is InChI=1S/C13H22N4/c1-8-5-12(17(2)16-8)15-7-11-9-3-4-10(6-9)13(11)14/h5,9-11,13,15H,3-4,6-7,14H2,1-2H3. The first-order valence-corrected chi connectivity index (χ1v) is 6.65. The van der Waals surface area contributed by atoms with Crippen LogP contribution in [0, 0.1) is 24.7 Å². The van der Waals surface area contributed by atoms with Gasteiger partial charge in [0.05, 0.1) is 5.69 Å². The lowest BCUT2D eigenvalue weighted by atomic mass is 9.85. The number of aromatic nitrogens is 2. The summed E-state index contributed by atoms with van der Waals surface area (Å²) in [5, 5.41) is 7.86. The van der Waals surface area contributed by atoms with Gasteiger partial charge in [0.25, 0.3) is 0 Å². The molecule has 4 heteroatoms. The molecule has 1 aromatic rings. The van der Waals surface area contributed by atoms with Crippen molar-refractivity contribution in [2.24, 2.45) is 30.5 Å². The molecule has 2 fully saturated rings. The quantitative estimate of drug-likeness (QED) is 0.833. The number of hydrogen-bond donors (Lipinski definition) is 2. The molecule has 4 atom stereocenters. The van der Waals surface area contributed by atoms with E-state index in [4.69, 9.17) is 5.73 Å². The monoisotopic (exact) mass is 234 g/mol. The van der Waals surface area contributed by atoms with E-state index in [1.165, 1.54) is 19.3 Å². The highest BCUT2D eigenvalue weighted by Gasteiger charge is 2.45. The fraction of sp³-hybridized carbons (Fsp3) is 0.769. The number of nitrogens with two attached hydrogens (primary N) is 1. The lowest BCUT2D eigenvalue weighted by Gasteiger charge is -2.28. The highest BCUT2D eigenvalue weighted by Crippen LogP contribution is 2.47. The largest absolute Gasteiger partial charge is 0.370 e. The molecule has 2 saturated carbocycles. The summed E-state index contributed by atoms with van der Waals surface area (Å²) >= 11 is 0. The molecule has 94 valence electrons. The number of aryl methyl sites for hydroxylation is 2. The van der Waals surface area contributed by atoms with Crippen LogP contribution in [0.5, 0.6) is 0 Å². The summed E-state index contributed by atoms with van der Waals surface area (Å²) < 4.78 is 1.91. The molecule has 3 N–H and O–H groups in total. The Labute approximate surface area is 103 Å². The zero-order valence-electron chi connectivity index (χ0n) is 10.7. The number of hydrogen-bond acceptors (Lipinski definition) is 3. The first kappa shape index (κ1) is 11.1. The maximum Gasteiger partial charge on any atom is 0.124 e. The molecule has 1 aromatic heterocycles. The SMILES string of the molecule is Cc1cc(NCC2C3CCC(C3)C2N)n(C)n1. The van der Waals surface area contributed by atoms with Crippen molar-refractivity contribution in [1.82, 2.24) is 9.78 Å². The molecule has 4 unspecified atom stereocenters. The summed E-state index contributed by atoms with van der Waals surface area (Å²) in [6.07, 6.45) is 4.10. The smallest absolute Gasteiger partial charge is 0.124 e. The van der Waals surface area contributed by atoms with Gasteiger partial charge in [-0.2, -0.15) is 5.10 Å². The lowest BCUT2D eigenvalue weighted by Crippen LogP contribution is -2.39. The van der Waals surface area contributed by atoms with Crippen molar-refractivity contribution in [3.8, 4) is 0 Å². The van der Waals surface area contributed by atoms with Gasteiger partial charge in [-0.05, 0) is 43.9 Å². The summed E-state index contributed by atoms with van der Waals surface area (Å²) in [6, 6.07) is 2.51. The highest BCUT2D eigenvalue weighted by atomic mass is 15.3. The second kappa shape index (κ2) is 4.02. The molecule has 1 heterocycles. The summed E-state index contributed by atoms with van der Waals surface area (Å²) in [5.41, 5.74) is 7.37. The van der Waals surface area contributed by atoms with Gasteiger partial charge in [-0.25, -0.2) is 0 Å². The maximum atomic E-state index is 6.31. The van der Waals surface area contributed by atoms with Crippen molar-refractivity contribution in [1.29, 1.82) is 0 Å². The highest BCUT2D eigenvalue weighted by molar-refractivity contribution is 5.36. The zero-order valence-corrected chi connectivity index (χ0v) is 10.7. The molecule has 0 aliphatic heterocycles. The summed E-state index contributed by atoms with van der Waals surface area (Å²) in [7, 11) is 1.98. The van der Waals surface area contributed by atoms with E-state index in [0.717, 1.165) is 29.9 Å². The third-order valence-electron chi connectivity index (χ3n) is 4.68. The molecule has 3 rings (SSSR count). The summed E-state index contributed by atoms with van der Waals surface area (Å²) in [6.45, 7) is 3.02. The van der Waals surface area contributed by atoms with Crippen molar-refractivity contribution in [2.75, 3.05) is 11.9 Å². The Morgan fingerprint density at radius 1 is 1.47 bits per heavy atom. The molecule has 0 amide bonds.